The van der Waals surface area contributed by atoms with Crippen molar-refractivity contribution in [2.45, 2.75) is 44.6 Å². The first-order valence-corrected chi connectivity index (χ1v) is 7.18. The van der Waals surface area contributed by atoms with E-state index in [1.54, 1.807) is 6.07 Å². The fourth-order valence-corrected chi connectivity index (χ4v) is 2.74. The fourth-order valence-electron chi connectivity index (χ4n) is 2.74. The number of anilines is 2. The molecule has 0 spiro atoms. The molecular formula is C15H22N4O. The van der Waals surface area contributed by atoms with Gasteiger partial charge in [-0.25, -0.2) is 4.98 Å². The van der Waals surface area contributed by atoms with Crippen molar-refractivity contribution in [3.63, 3.8) is 0 Å². The summed E-state index contributed by atoms with van der Waals surface area (Å²) in [5, 5.41) is 22.4. The van der Waals surface area contributed by atoms with E-state index >= 15 is 0 Å². The normalized spacial score (nSPS) is 25.9. The minimum Gasteiger partial charge on any atom is -0.396 e. The Balaban J connectivity index is 1.94. The quantitative estimate of drug-likeness (QED) is 0.783. The lowest BCUT2D eigenvalue weighted by Gasteiger charge is -2.36. The van der Waals surface area contributed by atoms with Crippen molar-refractivity contribution in [1.82, 2.24) is 4.98 Å². The van der Waals surface area contributed by atoms with Gasteiger partial charge in [-0.15, -0.1) is 0 Å². The summed E-state index contributed by atoms with van der Waals surface area (Å²) in [5.74, 6) is 1.28. The van der Waals surface area contributed by atoms with Crippen LogP contribution in [0.4, 0.5) is 11.5 Å². The van der Waals surface area contributed by atoms with Crippen LogP contribution in [0.5, 0.6) is 0 Å². The molecule has 1 fully saturated rings. The van der Waals surface area contributed by atoms with E-state index in [1.165, 1.54) is 12.6 Å². The molecule has 5 nitrogen and oxygen atoms in total. The molecule has 0 amide bonds. The number of aliphatic hydroxyl groups is 1. The first-order valence-electron chi connectivity index (χ1n) is 7.18. The second-order valence-corrected chi connectivity index (χ2v) is 5.70. The number of hydrogen-bond donors (Lipinski definition) is 3. The average Bonchev–Trinajstić information content (AvgIpc) is 2.47. The minimum absolute atomic E-state index is 0.440. The van der Waals surface area contributed by atoms with Gasteiger partial charge in [-0.1, -0.05) is 13.3 Å². The van der Waals surface area contributed by atoms with Gasteiger partial charge in [-0.3, -0.25) is 0 Å². The Kier molecular flexibility index (Phi) is 4.46. The Hall–Kier alpha value is -1.80. The van der Waals surface area contributed by atoms with Gasteiger partial charge in [-0.2, -0.15) is 5.26 Å². The topological polar surface area (TPSA) is 95.0 Å². The molecule has 1 aromatic rings. The van der Waals surface area contributed by atoms with Gasteiger partial charge in [0.15, 0.2) is 0 Å². The van der Waals surface area contributed by atoms with E-state index in [0.29, 0.717) is 23.6 Å². The summed E-state index contributed by atoms with van der Waals surface area (Å²) in [6.07, 6.45) is 6.45. The van der Waals surface area contributed by atoms with Crippen LogP contribution >= 0.6 is 0 Å². The van der Waals surface area contributed by atoms with Crippen molar-refractivity contribution in [2.75, 3.05) is 17.6 Å². The first-order chi connectivity index (χ1) is 9.56. The summed E-state index contributed by atoms with van der Waals surface area (Å²) in [7, 11) is 0. The summed E-state index contributed by atoms with van der Waals surface area (Å²) in [4.78, 5) is 4.13. The third-order valence-electron chi connectivity index (χ3n) is 4.24. The number of pyridine rings is 1. The zero-order valence-corrected chi connectivity index (χ0v) is 11.9. The van der Waals surface area contributed by atoms with E-state index in [2.05, 4.69) is 17.2 Å². The van der Waals surface area contributed by atoms with Crippen LogP contribution in [0, 0.1) is 17.2 Å². The molecule has 2 rings (SSSR count). The summed E-state index contributed by atoms with van der Waals surface area (Å²) < 4.78 is 0. The average molecular weight is 274 g/mol. The lowest BCUT2D eigenvalue weighted by molar-refractivity contribution is 0.00224. The van der Waals surface area contributed by atoms with Gasteiger partial charge in [0.05, 0.1) is 16.9 Å². The van der Waals surface area contributed by atoms with E-state index in [9.17, 15) is 5.11 Å². The first kappa shape index (κ1) is 14.6. The van der Waals surface area contributed by atoms with Gasteiger partial charge < -0.3 is 16.2 Å². The van der Waals surface area contributed by atoms with Crippen molar-refractivity contribution in [3.8, 4) is 6.07 Å². The number of aromatic nitrogens is 1. The van der Waals surface area contributed by atoms with Crippen molar-refractivity contribution < 1.29 is 5.11 Å². The van der Waals surface area contributed by atoms with E-state index in [1.807, 2.05) is 6.07 Å². The van der Waals surface area contributed by atoms with Crippen LogP contribution in [-0.4, -0.2) is 22.2 Å². The van der Waals surface area contributed by atoms with Crippen LogP contribution in [0.1, 0.15) is 44.6 Å². The molecule has 0 atom stereocenters. The van der Waals surface area contributed by atoms with Gasteiger partial charge in [0.1, 0.15) is 11.9 Å². The molecule has 1 aliphatic rings. The maximum Gasteiger partial charge on any atom is 0.149 e. The molecule has 108 valence electrons. The second-order valence-electron chi connectivity index (χ2n) is 5.70. The number of nitrogens with two attached hydrogens (primary N) is 1. The summed E-state index contributed by atoms with van der Waals surface area (Å²) in [6.45, 7) is 2.65. The second kappa shape index (κ2) is 6.10. The Labute approximate surface area is 119 Å². The number of hydrogen-bond acceptors (Lipinski definition) is 5. The van der Waals surface area contributed by atoms with Gasteiger partial charge >= 0.3 is 0 Å². The van der Waals surface area contributed by atoms with Crippen molar-refractivity contribution in [3.05, 3.63) is 17.8 Å². The predicted octanol–water partition coefficient (Wildman–Crippen LogP) is 2.28. The highest BCUT2D eigenvalue weighted by Gasteiger charge is 2.32. The molecule has 1 saturated carbocycles. The number of nitrogens with zero attached hydrogens (tertiary/aromatic N) is 2. The standard InChI is InChI=1S/C15H22N4O/c1-2-11-3-5-15(20,6-4-11)10-19-14-13(17)7-12(8-16)9-18-14/h7,9,11,20H,2-6,10,17H2,1H3,(H,18,19). The summed E-state index contributed by atoms with van der Waals surface area (Å²) in [6, 6.07) is 3.59. The predicted molar refractivity (Wildman–Crippen MR) is 79.1 cm³/mol. The highest BCUT2D eigenvalue weighted by molar-refractivity contribution is 5.63. The molecule has 0 saturated heterocycles. The van der Waals surface area contributed by atoms with Crippen molar-refractivity contribution in [1.29, 1.82) is 5.26 Å². The van der Waals surface area contributed by atoms with E-state index in [0.717, 1.165) is 31.6 Å². The monoisotopic (exact) mass is 274 g/mol. The van der Waals surface area contributed by atoms with Gasteiger partial charge in [0.2, 0.25) is 0 Å². The summed E-state index contributed by atoms with van der Waals surface area (Å²) in [5.41, 5.74) is 6.05. The smallest absolute Gasteiger partial charge is 0.149 e. The Morgan fingerprint density at radius 3 is 2.80 bits per heavy atom. The number of nitriles is 1. The maximum absolute atomic E-state index is 10.6. The molecule has 0 aromatic carbocycles. The molecule has 20 heavy (non-hydrogen) atoms. The minimum atomic E-state index is -0.673. The molecule has 0 bridgehead atoms. The lowest BCUT2D eigenvalue weighted by atomic mass is 9.78. The summed E-state index contributed by atoms with van der Waals surface area (Å²) >= 11 is 0. The van der Waals surface area contributed by atoms with Crippen LogP contribution in [0.15, 0.2) is 12.3 Å². The van der Waals surface area contributed by atoms with Crippen LogP contribution in [0.25, 0.3) is 0 Å². The van der Waals surface area contributed by atoms with Gasteiger partial charge in [0.25, 0.3) is 0 Å². The van der Waals surface area contributed by atoms with Crippen LogP contribution in [0.3, 0.4) is 0 Å². The number of rotatable bonds is 4. The molecule has 4 N–H and O–H groups in total. The van der Waals surface area contributed by atoms with E-state index in [4.69, 9.17) is 11.0 Å². The van der Waals surface area contributed by atoms with Gasteiger partial charge in [0, 0.05) is 12.7 Å². The van der Waals surface area contributed by atoms with Crippen LogP contribution in [0.2, 0.25) is 0 Å². The van der Waals surface area contributed by atoms with E-state index in [-0.39, 0.29) is 0 Å². The maximum atomic E-state index is 10.6. The Morgan fingerprint density at radius 2 is 2.25 bits per heavy atom. The van der Waals surface area contributed by atoms with Crippen LogP contribution in [-0.2, 0) is 0 Å². The molecular weight excluding hydrogens is 252 g/mol. The zero-order valence-electron chi connectivity index (χ0n) is 11.9. The lowest BCUT2D eigenvalue weighted by Crippen LogP contribution is -2.40. The fraction of sp³-hybridized carbons (Fsp3) is 0.600. The van der Waals surface area contributed by atoms with Crippen LogP contribution < -0.4 is 11.1 Å². The molecule has 1 aliphatic carbocycles. The van der Waals surface area contributed by atoms with Gasteiger partial charge in [-0.05, 0) is 37.7 Å². The molecule has 1 aromatic heterocycles. The number of nitrogen functional groups attached to an aromatic ring is 1. The molecule has 1 heterocycles. The molecule has 0 unspecified atom stereocenters. The highest BCUT2D eigenvalue weighted by Crippen LogP contribution is 2.34. The molecule has 0 radical (unpaired) electrons. The van der Waals surface area contributed by atoms with Crippen molar-refractivity contribution in [2.24, 2.45) is 5.92 Å². The number of nitrogens with one attached hydrogen (secondary N) is 1. The Morgan fingerprint density at radius 1 is 1.55 bits per heavy atom. The van der Waals surface area contributed by atoms with Crippen molar-refractivity contribution >= 4 is 11.5 Å². The largest absolute Gasteiger partial charge is 0.396 e. The zero-order chi connectivity index (χ0) is 14.6. The third kappa shape index (κ3) is 3.40. The highest BCUT2D eigenvalue weighted by atomic mass is 16.3. The molecule has 5 heteroatoms. The SMILES string of the molecule is CCC1CCC(O)(CNc2ncc(C#N)cc2N)CC1. The molecule has 0 aliphatic heterocycles. The third-order valence-corrected chi connectivity index (χ3v) is 4.24. The van der Waals surface area contributed by atoms with E-state index < -0.39 is 5.60 Å². The Bertz CT molecular complexity index is 501.